The van der Waals surface area contributed by atoms with Crippen LogP contribution in [-0.2, 0) is 6.42 Å². The molecule has 0 spiro atoms. The molecule has 134 valence electrons. The summed E-state index contributed by atoms with van der Waals surface area (Å²) in [4.78, 5) is 4.52. The van der Waals surface area contributed by atoms with Crippen molar-refractivity contribution in [2.75, 3.05) is 12.5 Å². The monoisotopic (exact) mass is 378 g/mol. The highest BCUT2D eigenvalue weighted by Gasteiger charge is 2.17. The Morgan fingerprint density at radius 2 is 1.78 bits per heavy atom. The average molecular weight is 378 g/mol. The maximum absolute atomic E-state index is 13.2. The quantitative estimate of drug-likeness (QED) is 0.545. The molecule has 0 aliphatic carbocycles. The molecule has 0 amide bonds. The van der Waals surface area contributed by atoms with Crippen LogP contribution in [0.4, 0.5) is 9.52 Å². The number of benzene rings is 3. The lowest BCUT2D eigenvalue weighted by atomic mass is 9.98. The first-order valence-corrected chi connectivity index (χ1v) is 9.31. The number of thiazole rings is 1. The van der Waals surface area contributed by atoms with Crippen molar-refractivity contribution in [1.82, 2.24) is 4.98 Å². The molecule has 1 aliphatic heterocycles. The van der Waals surface area contributed by atoms with E-state index in [1.165, 1.54) is 23.5 Å². The van der Waals surface area contributed by atoms with Crippen molar-refractivity contribution in [2.45, 2.75) is 6.42 Å². The SMILES string of the molecule is Nc1nc2c(-c3ccc4c(c3)OCO4)cc(Cc3ccc(F)cc3)cc2s1. The highest BCUT2D eigenvalue weighted by Crippen LogP contribution is 2.40. The molecule has 0 bridgehead atoms. The van der Waals surface area contributed by atoms with Crippen molar-refractivity contribution in [3.8, 4) is 22.6 Å². The van der Waals surface area contributed by atoms with Crippen molar-refractivity contribution in [1.29, 1.82) is 0 Å². The third-order valence-corrected chi connectivity index (χ3v) is 5.41. The summed E-state index contributed by atoms with van der Waals surface area (Å²) in [5, 5.41) is 0.533. The van der Waals surface area contributed by atoms with Crippen molar-refractivity contribution in [3.05, 3.63) is 71.5 Å². The summed E-state index contributed by atoms with van der Waals surface area (Å²) in [5.74, 6) is 1.24. The van der Waals surface area contributed by atoms with Crippen molar-refractivity contribution < 1.29 is 13.9 Å². The zero-order valence-electron chi connectivity index (χ0n) is 14.2. The largest absolute Gasteiger partial charge is 0.454 e. The number of nitrogens with two attached hydrogens (primary N) is 1. The number of aromatic nitrogens is 1. The number of ether oxygens (including phenoxy) is 2. The lowest BCUT2D eigenvalue weighted by Crippen LogP contribution is -1.93. The molecule has 0 saturated carbocycles. The number of rotatable bonds is 3. The van der Waals surface area contributed by atoms with Gasteiger partial charge in [0.1, 0.15) is 5.82 Å². The predicted molar refractivity (Wildman–Crippen MR) is 105 cm³/mol. The van der Waals surface area contributed by atoms with Gasteiger partial charge in [-0.25, -0.2) is 9.37 Å². The molecule has 4 nitrogen and oxygen atoms in total. The average Bonchev–Trinajstić information content (AvgIpc) is 3.27. The molecule has 5 rings (SSSR count). The fourth-order valence-corrected chi connectivity index (χ4v) is 4.15. The van der Waals surface area contributed by atoms with E-state index in [1.807, 2.05) is 18.2 Å². The highest BCUT2D eigenvalue weighted by molar-refractivity contribution is 7.22. The minimum Gasteiger partial charge on any atom is -0.454 e. The van der Waals surface area contributed by atoms with Gasteiger partial charge < -0.3 is 15.2 Å². The van der Waals surface area contributed by atoms with E-state index in [0.717, 1.165) is 44.0 Å². The van der Waals surface area contributed by atoms with Crippen molar-refractivity contribution in [2.24, 2.45) is 0 Å². The van der Waals surface area contributed by atoms with E-state index >= 15 is 0 Å². The Morgan fingerprint density at radius 3 is 2.63 bits per heavy atom. The number of halogens is 1. The van der Waals surface area contributed by atoms with E-state index in [1.54, 1.807) is 12.1 Å². The van der Waals surface area contributed by atoms with Gasteiger partial charge in [-0.05, 0) is 59.5 Å². The second kappa shape index (κ2) is 6.25. The van der Waals surface area contributed by atoms with E-state index < -0.39 is 0 Å². The standard InChI is InChI=1S/C21H15FN2O2S/c22-15-4-1-12(2-5-15)7-13-8-16(20-19(9-13)27-21(23)24-20)14-3-6-17-18(10-14)26-11-25-17/h1-6,8-10H,7,11H2,(H2,23,24). The molecule has 0 atom stereocenters. The molecule has 2 heterocycles. The van der Waals surface area contributed by atoms with E-state index in [4.69, 9.17) is 15.2 Å². The van der Waals surface area contributed by atoms with Crippen LogP contribution >= 0.6 is 11.3 Å². The topological polar surface area (TPSA) is 57.4 Å². The molecule has 6 heteroatoms. The van der Waals surface area contributed by atoms with E-state index in [-0.39, 0.29) is 12.6 Å². The van der Waals surface area contributed by atoms with Gasteiger partial charge in [0.2, 0.25) is 6.79 Å². The summed E-state index contributed by atoms with van der Waals surface area (Å²) in [5.41, 5.74) is 11.0. The van der Waals surface area contributed by atoms with Gasteiger partial charge in [-0.2, -0.15) is 0 Å². The van der Waals surface area contributed by atoms with Gasteiger partial charge in [-0.3, -0.25) is 0 Å². The van der Waals surface area contributed by atoms with Crippen molar-refractivity contribution >= 4 is 26.7 Å². The van der Waals surface area contributed by atoms with Crippen LogP contribution in [0.25, 0.3) is 21.3 Å². The molecule has 0 radical (unpaired) electrons. The maximum Gasteiger partial charge on any atom is 0.231 e. The lowest BCUT2D eigenvalue weighted by Gasteiger charge is -2.09. The van der Waals surface area contributed by atoms with Gasteiger partial charge in [0.25, 0.3) is 0 Å². The summed E-state index contributed by atoms with van der Waals surface area (Å²) >= 11 is 1.46. The fourth-order valence-electron chi connectivity index (χ4n) is 3.33. The van der Waals surface area contributed by atoms with Crippen LogP contribution in [-0.4, -0.2) is 11.8 Å². The first-order valence-electron chi connectivity index (χ1n) is 8.49. The normalized spacial score (nSPS) is 12.6. The summed E-state index contributed by atoms with van der Waals surface area (Å²) in [6, 6.07) is 16.7. The first-order chi connectivity index (χ1) is 13.2. The van der Waals surface area contributed by atoms with Gasteiger partial charge in [0, 0.05) is 5.56 Å². The fraction of sp³-hybridized carbons (Fsp3) is 0.0952. The Hall–Kier alpha value is -3.12. The molecule has 4 aromatic rings. The van der Waals surface area contributed by atoms with Gasteiger partial charge in [0.05, 0.1) is 10.2 Å². The van der Waals surface area contributed by atoms with Gasteiger partial charge in [-0.15, -0.1) is 0 Å². The molecule has 0 fully saturated rings. The van der Waals surface area contributed by atoms with E-state index in [0.29, 0.717) is 11.6 Å². The van der Waals surface area contributed by atoms with Crippen molar-refractivity contribution in [3.63, 3.8) is 0 Å². The van der Waals surface area contributed by atoms with E-state index in [2.05, 4.69) is 17.1 Å². The Labute approximate surface area is 159 Å². The van der Waals surface area contributed by atoms with Crippen LogP contribution in [0.3, 0.4) is 0 Å². The van der Waals surface area contributed by atoms with Crippen LogP contribution < -0.4 is 15.2 Å². The Morgan fingerprint density at radius 1 is 0.963 bits per heavy atom. The Bertz CT molecular complexity index is 1160. The molecule has 3 aromatic carbocycles. The van der Waals surface area contributed by atoms with E-state index in [9.17, 15) is 4.39 Å². The van der Waals surface area contributed by atoms with Crippen LogP contribution in [0.2, 0.25) is 0 Å². The summed E-state index contributed by atoms with van der Waals surface area (Å²) in [6.07, 6.45) is 0.700. The van der Waals surface area contributed by atoms with Gasteiger partial charge in [-0.1, -0.05) is 29.5 Å². The maximum atomic E-state index is 13.2. The number of anilines is 1. The predicted octanol–water partition coefficient (Wildman–Crippen LogP) is 5.00. The molecular formula is C21H15FN2O2S. The first kappa shape index (κ1) is 16.1. The minimum absolute atomic E-state index is 0.231. The van der Waals surface area contributed by atoms with Gasteiger partial charge >= 0.3 is 0 Å². The number of fused-ring (bicyclic) bond motifs is 2. The number of nitrogens with zero attached hydrogens (tertiary/aromatic N) is 1. The van der Waals surface area contributed by atoms with Crippen LogP contribution in [0.1, 0.15) is 11.1 Å². The molecule has 0 saturated heterocycles. The molecular weight excluding hydrogens is 363 g/mol. The molecule has 1 aromatic heterocycles. The summed E-state index contributed by atoms with van der Waals surface area (Å²) in [6.45, 7) is 0.239. The van der Waals surface area contributed by atoms with Gasteiger partial charge in [0.15, 0.2) is 16.6 Å². The highest BCUT2D eigenvalue weighted by atomic mass is 32.1. The third kappa shape index (κ3) is 2.98. The minimum atomic E-state index is -0.231. The second-order valence-corrected chi connectivity index (χ2v) is 7.48. The van der Waals surface area contributed by atoms with Crippen LogP contribution in [0.15, 0.2) is 54.6 Å². The molecule has 1 aliphatic rings. The molecule has 27 heavy (non-hydrogen) atoms. The van der Waals surface area contributed by atoms with Crippen LogP contribution in [0, 0.1) is 5.82 Å². The number of hydrogen-bond acceptors (Lipinski definition) is 5. The lowest BCUT2D eigenvalue weighted by molar-refractivity contribution is 0.174. The van der Waals surface area contributed by atoms with Crippen LogP contribution in [0.5, 0.6) is 11.5 Å². The Kier molecular flexibility index (Phi) is 3.72. The Balaban J connectivity index is 1.63. The second-order valence-electron chi connectivity index (χ2n) is 6.41. The third-order valence-electron chi connectivity index (χ3n) is 4.58. The zero-order valence-corrected chi connectivity index (χ0v) is 15.1. The number of hydrogen-bond donors (Lipinski definition) is 1. The molecule has 0 unspecified atom stereocenters. The summed E-state index contributed by atoms with van der Waals surface area (Å²) in [7, 11) is 0. The summed E-state index contributed by atoms with van der Waals surface area (Å²) < 4.78 is 25.1. The smallest absolute Gasteiger partial charge is 0.231 e. The zero-order chi connectivity index (χ0) is 18.4. The number of nitrogen functional groups attached to an aromatic ring is 1. The molecule has 2 N–H and O–H groups in total.